The molecule has 2 N–H and O–H groups in total. The van der Waals surface area contributed by atoms with E-state index in [4.69, 9.17) is 9.47 Å². The number of nitrogens with one attached hydrogen (secondary N) is 1. The van der Waals surface area contributed by atoms with Gasteiger partial charge in [0.15, 0.2) is 0 Å². The van der Waals surface area contributed by atoms with Crippen molar-refractivity contribution in [1.82, 2.24) is 5.32 Å². The monoisotopic (exact) mass is 291 g/mol. The van der Waals surface area contributed by atoms with Gasteiger partial charge in [0.25, 0.3) is 0 Å². The summed E-state index contributed by atoms with van der Waals surface area (Å²) in [6.07, 6.45) is 1.98. The lowest BCUT2D eigenvalue weighted by Gasteiger charge is -2.38. The summed E-state index contributed by atoms with van der Waals surface area (Å²) in [7, 11) is 0. The van der Waals surface area contributed by atoms with Crippen LogP contribution in [0.5, 0.6) is 5.75 Å². The molecule has 0 bridgehead atoms. The molecule has 0 aliphatic carbocycles. The molecule has 114 valence electrons. The maximum Gasteiger partial charge on any atom is 0.227 e. The summed E-state index contributed by atoms with van der Waals surface area (Å²) in [5.74, 6) is 0.621. The lowest BCUT2D eigenvalue weighted by atomic mass is 9.89. The minimum atomic E-state index is -0.535. The number of aliphatic hydroxyl groups excluding tert-OH is 1. The molecule has 0 saturated carbocycles. The quantitative estimate of drug-likeness (QED) is 0.868. The molecule has 1 aromatic carbocycles. The van der Waals surface area contributed by atoms with Crippen molar-refractivity contribution in [3.63, 3.8) is 0 Å². The summed E-state index contributed by atoms with van der Waals surface area (Å²) >= 11 is 0. The molecule has 2 heterocycles. The maximum atomic E-state index is 12.5. The highest BCUT2D eigenvalue weighted by atomic mass is 16.5. The molecule has 0 aromatic heterocycles. The van der Waals surface area contributed by atoms with E-state index >= 15 is 0 Å². The molecular formula is C16H21NO4. The number of hydrogen-bond donors (Lipinski definition) is 2. The number of amides is 1. The number of fused-ring (bicyclic) bond motifs is 1. The normalized spacial score (nSPS) is 23.8. The van der Waals surface area contributed by atoms with E-state index < -0.39 is 5.54 Å². The summed E-state index contributed by atoms with van der Waals surface area (Å²) in [6, 6.07) is 7.81. The van der Waals surface area contributed by atoms with Gasteiger partial charge in [-0.25, -0.2) is 0 Å². The van der Waals surface area contributed by atoms with Crippen LogP contribution in [0.25, 0.3) is 0 Å². The van der Waals surface area contributed by atoms with Gasteiger partial charge in [0.2, 0.25) is 5.91 Å². The molecular weight excluding hydrogens is 270 g/mol. The Balaban J connectivity index is 1.66. The average Bonchev–Trinajstić information content (AvgIpc) is 2.55. The van der Waals surface area contributed by atoms with Crippen LogP contribution < -0.4 is 10.1 Å². The molecule has 2 aliphatic rings. The highest BCUT2D eigenvalue weighted by molar-refractivity contribution is 5.80. The summed E-state index contributed by atoms with van der Waals surface area (Å²) in [5.41, 5.74) is 0.528. The van der Waals surface area contributed by atoms with Crippen LogP contribution in [0.2, 0.25) is 0 Å². The third kappa shape index (κ3) is 3.04. The van der Waals surface area contributed by atoms with Gasteiger partial charge in [0.05, 0.1) is 18.1 Å². The Hall–Kier alpha value is -1.59. The summed E-state index contributed by atoms with van der Waals surface area (Å²) in [5, 5.41) is 12.7. The van der Waals surface area contributed by atoms with E-state index in [2.05, 4.69) is 5.32 Å². The molecule has 1 unspecified atom stereocenters. The summed E-state index contributed by atoms with van der Waals surface area (Å²) < 4.78 is 11.0. The van der Waals surface area contributed by atoms with Crippen LogP contribution in [0.3, 0.4) is 0 Å². The van der Waals surface area contributed by atoms with Crippen LogP contribution in [0, 0.1) is 5.92 Å². The smallest absolute Gasteiger partial charge is 0.227 e. The largest absolute Gasteiger partial charge is 0.492 e. The molecule has 0 radical (unpaired) electrons. The number of aliphatic hydroxyl groups is 1. The summed E-state index contributed by atoms with van der Waals surface area (Å²) in [4.78, 5) is 12.5. The lowest BCUT2D eigenvalue weighted by molar-refractivity contribution is -0.130. The zero-order valence-electron chi connectivity index (χ0n) is 12.0. The molecule has 1 saturated heterocycles. The number of rotatable bonds is 3. The fourth-order valence-electron chi connectivity index (χ4n) is 2.94. The molecule has 1 aromatic rings. The molecule has 5 nitrogen and oxygen atoms in total. The number of benzene rings is 1. The molecule has 5 heteroatoms. The first kappa shape index (κ1) is 14.4. The van der Waals surface area contributed by atoms with Gasteiger partial charge in [-0.3, -0.25) is 4.79 Å². The van der Waals surface area contributed by atoms with Crippen molar-refractivity contribution >= 4 is 5.91 Å². The number of ether oxygens (including phenoxy) is 2. The van der Waals surface area contributed by atoms with E-state index in [0.29, 0.717) is 39.1 Å². The second kappa shape index (κ2) is 6.03. The van der Waals surface area contributed by atoms with Crippen LogP contribution in [0.4, 0.5) is 0 Å². The van der Waals surface area contributed by atoms with Crippen molar-refractivity contribution < 1.29 is 19.4 Å². The van der Waals surface area contributed by atoms with Gasteiger partial charge < -0.3 is 19.9 Å². The number of carbonyl (C=O) groups is 1. The highest BCUT2D eigenvalue weighted by Gasteiger charge is 2.36. The first-order valence-electron chi connectivity index (χ1n) is 7.44. The minimum absolute atomic E-state index is 0.0412. The molecule has 21 heavy (non-hydrogen) atoms. The zero-order valence-corrected chi connectivity index (χ0v) is 12.0. The van der Waals surface area contributed by atoms with E-state index in [9.17, 15) is 9.90 Å². The van der Waals surface area contributed by atoms with Crippen LogP contribution in [0.15, 0.2) is 24.3 Å². The van der Waals surface area contributed by atoms with Gasteiger partial charge in [-0.15, -0.1) is 0 Å². The maximum absolute atomic E-state index is 12.5. The Labute approximate surface area is 124 Å². The van der Waals surface area contributed by atoms with Gasteiger partial charge in [-0.05, 0) is 30.9 Å². The van der Waals surface area contributed by atoms with E-state index in [1.165, 1.54) is 0 Å². The fraction of sp³-hybridized carbons (Fsp3) is 0.562. The van der Waals surface area contributed by atoms with Crippen LogP contribution >= 0.6 is 0 Å². The summed E-state index contributed by atoms with van der Waals surface area (Å²) in [6.45, 7) is 1.49. The van der Waals surface area contributed by atoms with Gasteiger partial charge in [-0.1, -0.05) is 18.2 Å². The van der Waals surface area contributed by atoms with E-state index in [1.807, 2.05) is 24.3 Å². The van der Waals surface area contributed by atoms with Crippen LogP contribution in [-0.2, 0) is 16.0 Å². The van der Waals surface area contributed by atoms with Gasteiger partial charge >= 0.3 is 0 Å². The SMILES string of the molecule is O=C(NC1(CO)CCOCC1)C1COc2ccccc2C1. The van der Waals surface area contributed by atoms with Crippen molar-refractivity contribution in [2.45, 2.75) is 24.8 Å². The first-order chi connectivity index (χ1) is 10.2. The molecule has 1 atom stereocenters. The van der Waals surface area contributed by atoms with Crippen molar-refractivity contribution in [2.24, 2.45) is 5.92 Å². The Morgan fingerprint density at radius 3 is 2.86 bits per heavy atom. The Kier molecular flexibility index (Phi) is 4.12. The Morgan fingerprint density at radius 2 is 2.10 bits per heavy atom. The van der Waals surface area contributed by atoms with E-state index in [0.717, 1.165) is 11.3 Å². The van der Waals surface area contributed by atoms with Gasteiger partial charge in [0, 0.05) is 13.2 Å². The standard InChI is InChI=1S/C16H21NO4/c18-11-16(5-7-20-8-6-16)17-15(19)13-9-12-3-1-2-4-14(12)21-10-13/h1-4,13,18H,5-11H2,(H,17,19). The van der Waals surface area contributed by atoms with Gasteiger partial charge in [0.1, 0.15) is 12.4 Å². The molecule has 0 spiro atoms. The topological polar surface area (TPSA) is 67.8 Å². The predicted molar refractivity (Wildman–Crippen MR) is 77.1 cm³/mol. The van der Waals surface area contributed by atoms with Crippen molar-refractivity contribution in [3.05, 3.63) is 29.8 Å². The first-order valence-corrected chi connectivity index (χ1v) is 7.44. The number of hydrogen-bond acceptors (Lipinski definition) is 4. The van der Waals surface area contributed by atoms with Crippen molar-refractivity contribution in [3.8, 4) is 5.75 Å². The highest BCUT2D eigenvalue weighted by Crippen LogP contribution is 2.28. The lowest BCUT2D eigenvalue weighted by Crippen LogP contribution is -2.56. The Morgan fingerprint density at radius 1 is 1.33 bits per heavy atom. The molecule has 3 rings (SSSR count). The third-order valence-corrected chi connectivity index (χ3v) is 4.39. The minimum Gasteiger partial charge on any atom is -0.492 e. The van der Waals surface area contributed by atoms with E-state index in [1.54, 1.807) is 0 Å². The second-order valence-electron chi connectivity index (χ2n) is 5.86. The fourth-order valence-corrected chi connectivity index (χ4v) is 2.94. The van der Waals surface area contributed by atoms with Crippen molar-refractivity contribution in [2.75, 3.05) is 26.4 Å². The number of para-hydroxylation sites is 1. The number of carbonyl (C=O) groups excluding carboxylic acids is 1. The van der Waals surface area contributed by atoms with Crippen LogP contribution in [0.1, 0.15) is 18.4 Å². The second-order valence-corrected chi connectivity index (χ2v) is 5.86. The Bertz CT molecular complexity index is 511. The van der Waals surface area contributed by atoms with Gasteiger partial charge in [-0.2, -0.15) is 0 Å². The van der Waals surface area contributed by atoms with Crippen molar-refractivity contribution in [1.29, 1.82) is 0 Å². The molecule has 2 aliphatic heterocycles. The average molecular weight is 291 g/mol. The zero-order chi connectivity index (χ0) is 14.7. The van der Waals surface area contributed by atoms with E-state index in [-0.39, 0.29) is 18.4 Å². The third-order valence-electron chi connectivity index (χ3n) is 4.39. The predicted octanol–water partition coefficient (Wildman–Crippen LogP) is 0.895. The van der Waals surface area contributed by atoms with Crippen LogP contribution in [-0.4, -0.2) is 43.0 Å². The molecule has 1 fully saturated rings. The molecule has 1 amide bonds.